The minimum absolute atomic E-state index is 0.456. The van der Waals surface area contributed by atoms with Gasteiger partial charge in [-0.2, -0.15) is 0 Å². The van der Waals surface area contributed by atoms with Gasteiger partial charge >= 0.3 is 0 Å². The quantitative estimate of drug-likeness (QED) is 0.161. The fourth-order valence-electron chi connectivity index (χ4n) is 13.0. The van der Waals surface area contributed by atoms with Crippen LogP contribution >= 0.6 is 11.3 Å². The smallest absolute Gasteiger partial charge is 0.0726 e. The van der Waals surface area contributed by atoms with Crippen LogP contribution in [0, 0.1) is 0 Å². The summed E-state index contributed by atoms with van der Waals surface area (Å²) in [5, 5.41) is 7.76. The fraction of sp³-hybridized carbons (Fsp3) is 0.0141. The van der Waals surface area contributed by atoms with Crippen LogP contribution in [0.4, 0.5) is 17.1 Å². The van der Waals surface area contributed by atoms with Gasteiger partial charge in [0.1, 0.15) is 0 Å². The molecule has 0 radical (unpaired) electrons. The highest BCUT2D eigenvalue weighted by Crippen LogP contribution is 2.63. The molecule has 1 spiro atoms. The Balaban J connectivity index is 0.856. The third-order valence-corrected chi connectivity index (χ3v) is 17.4. The second-order valence-corrected chi connectivity index (χ2v) is 21.0. The van der Waals surface area contributed by atoms with Crippen molar-refractivity contribution in [1.29, 1.82) is 0 Å². The molecule has 0 amide bonds. The van der Waals surface area contributed by atoms with Crippen molar-refractivity contribution in [2.75, 3.05) is 4.90 Å². The van der Waals surface area contributed by atoms with Crippen molar-refractivity contribution in [3.63, 3.8) is 0 Å². The molecule has 0 fully saturated rings. The average molecular weight is 957 g/mol. The zero-order valence-corrected chi connectivity index (χ0v) is 41.0. The molecule has 0 saturated carbocycles. The van der Waals surface area contributed by atoms with Crippen molar-refractivity contribution >= 4 is 81.1 Å². The highest BCUT2D eigenvalue weighted by Gasteiger charge is 2.51. The molecule has 344 valence electrons. The SMILES string of the molecule is c1ccc(-n2c3ccccc3c3ccccc32)c(-c2ccc(N(c3ccc(-c4ccc5c(c4)sc4c6ccccc6ccc54)cc3)c3ccc4c(c3)C3(c5ccccc5-c5ccccc53)c3ccccc3-4)cc2)c1. The molecule has 2 nitrogen and oxygen atoms in total. The Hall–Kier alpha value is -9.28. The largest absolute Gasteiger partial charge is 0.310 e. The molecule has 2 aromatic heterocycles. The van der Waals surface area contributed by atoms with E-state index >= 15 is 0 Å². The molecule has 2 aliphatic carbocycles. The lowest BCUT2D eigenvalue weighted by atomic mass is 9.70. The number of fused-ring (bicyclic) bond motifs is 18. The number of rotatable bonds is 6. The van der Waals surface area contributed by atoms with Gasteiger partial charge in [0.2, 0.25) is 0 Å². The monoisotopic (exact) mass is 956 g/mol. The van der Waals surface area contributed by atoms with Gasteiger partial charge in [-0.3, -0.25) is 0 Å². The van der Waals surface area contributed by atoms with Gasteiger partial charge in [0.05, 0.1) is 22.1 Å². The molecule has 14 aromatic rings. The third-order valence-electron chi connectivity index (χ3n) is 16.2. The van der Waals surface area contributed by atoms with Gasteiger partial charge in [0.15, 0.2) is 0 Å². The van der Waals surface area contributed by atoms with Crippen LogP contribution in [0.25, 0.3) is 103 Å². The first kappa shape index (κ1) is 41.3. The van der Waals surface area contributed by atoms with Crippen LogP contribution in [0.1, 0.15) is 22.3 Å². The number of anilines is 3. The van der Waals surface area contributed by atoms with Gasteiger partial charge in [-0.05, 0) is 133 Å². The zero-order chi connectivity index (χ0) is 48.5. The number of thiophene rings is 1. The first-order valence-corrected chi connectivity index (χ1v) is 26.4. The van der Waals surface area contributed by atoms with Crippen molar-refractivity contribution in [3.8, 4) is 50.2 Å². The van der Waals surface area contributed by atoms with Crippen molar-refractivity contribution in [2.45, 2.75) is 5.41 Å². The summed E-state index contributed by atoms with van der Waals surface area (Å²) < 4.78 is 5.09. The number of hydrogen-bond acceptors (Lipinski definition) is 2. The second-order valence-electron chi connectivity index (χ2n) is 19.9. The Morgan fingerprint density at radius 2 is 0.797 bits per heavy atom. The lowest BCUT2D eigenvalue weighted by Gasteiger charge is -2.32. The molecule has 0 unspecified atom stereocenters. The molecular weight excluding hydrogens is 913 g/mol. The Morgan fingerprint density at radius 3 is 1.45 bits per heavy atom. The van der Waals surface area contributed by atoms with E-state index in [-0.39, 0.29) is 0 Å². The number of para-hydroxylation sites is 3. The molecule has 0 N–H and O–H groups in total. The molecule has 2 heterocycles. The van der Waals surface area contributed by atoms with Crippen LogP contribution < -0.4 is 4.90 Å². The minimum atomic E-state index is -0.456. The van der Waals surface area contributed by atoms with Gasteiger partial charge in [0, 0.05) is 53.6 Å². The van der Waals surface area contributed by atoms with E-state index in [1.165, 1.54) is 114 Å². The molecular formula is C71H44N2S. The third kappa shape index (κ3) is 5.81. The molecule has 3 heteroatoms. The van der Waals surface area contributed by atoms with Crippen molar-refractivity contribution in [2.24, 2.45) is 0 Å². The first-order chi connectivity index (χ1) is 36.7. The van der Waals surface area contributed by atoms with E-state index < -0.39 is 5.41 Å². The summed E-state index contributed by atoms with van der Waals surface area (Å²) in [5.74, 6) is 0. The fourth-order valence-corrected chi connectivity index (χ4v) is 14.3. The number of hydrogen-bond donors (Lipinski definition) is 0. The predicted octanol–water partition coefficient (Wildman–Crippen LogP) is 19.5. The summed E-state index contributed by atoms with van der Waals surface area (Å²) in [5.41, 5.74) is 21.7. The summed E-state index contributed by atoms with van der Waals surface area (Å²) >= 11 is 1.90. The average Bonchev–Trinajstić information content (AvgIpc) is 4.25. The standard InChI is InChI=1S/C71H44N2S/c1-2-17-53-46(15-1)33-41-61-60-40-34-48(43-69(60)74-70(53)61)45-29-35-49(36-30-45)72(50-37-31-47(32-38-50)52-16-6-12-26-66(52)73-67-27-13-7-21-58(67)59-22-8-14-28-68(59)73)51-39-42-57-56-20-5-11-25-64(56)71(65(57)44-51)62-23-9-3-18-54(62)55-19-4-10-24-63(55)71/h1-44H. The van der Waals surface area contributed by atoms with Crippen molar-refractivity contribution < 1.29 is 0 Å². The Bertz CT molecular complexity index is 4490. The Labute approximate surface area is 432 Å². The molecule has 0 aliphatic heterocycles. The molecule has 16 rings (SSSR count). The summed E-state index contributed by atoms with van der Waals surface area (Å²) in [6, 6.07) is 99.5. The van der Waals surface area contributed by atoms with E-state index in [2.05, 4.69) is 276 Å². The van der Waals surface area contributed by atoms with Gasteiger partial charge in [-0.25, -0.2) is 0 Å². The van der Waals surface area contributed by atoms with Crippen LogP contribution in [0.3, 0.4) is 0 Å². The summed E-state index contributed by atoms with van der Waals surface area (Å²) in [4.78, 5) is 2.45. The second kappa shape index (κ2) is 15.9. The van der Waals surface area contributed by atoms with Crippen LogP contribution in [0.5, 0.6) is 0 Å². The lowest BCUT2D eigenvalue weighted by Crippen LogP contribution is -2.26. The van der Waals surface area contributed by atoms with E-state index in [1.54, 1.807) is 0 Å². The Kier molecular flexibility index (Phi) is 8.86. The number of nitrogens with zero attached hydrogens (tertiary/aromatic N) is 2. The topological polar surface area (TPSA) is 8.17 Å². The summed E-state index contributed by atoms with van der Waals surface area (Å²) in [6.07, 6.45) is 0. The minimum Gasteiger partial charge on any atom is -0.310 e. The lowest BCUT2D eigenvalue weighted by molar-refractivity contribution is 0.793. The molecule has 0 atom stereocenters. The zero-order valence-electron chi connectivity index (χ0n) is 40.2. The van der Waals surface area contributed by atoms with E-state index in [1.807, 2.05) is 11.3 Å². The highest BCUT2D eigenvalue weighted by atomic mass is 32.1. The number of benzene rings is 12. The van der Waals surface area contributed by atoms with E-state index in [0.29, 0.717) is 0 Å². The molecule has 0 bridgehead atoms. The van der Waals surface area contributed by atoms with Crippen LogP contribution in [-0.4, -0.2) is 4.57 Å². The van der Waals surface area contributed by atoms with Crippen molar-refractivity contribution in [3.05, 3.63) is 289 Å². The van der Waals surface area contributed by atoms with Gasteiger partial charge in [-0.15, -0.1) is 11.3 Å². The maximum atomic E-state index is 2.49. The molecule has 0 saturated heterocycles. The van der Waals surface area contributed by atoms with Crippen LogP contribution in [0.2, 0.25) is 0 Å². The normalized spacial score (nSPS) is 13.0. The molecule has 74 heavy (non-hydrogen) atoms. The molecule has 2 aliphatic rings. The van der Waals surface area contributed by atoms with Crippen LogP contribution in [-0.2, 0) is 5.41 Å². The van der Waals surface area contributed by atoms with E-state index in [4.69, 9.17) is 0 Å². The van der Waals surface area contributed by atoms with E-state index in [0.717, 1.165) is 28.3 Å². The molecule has 12 aromatic carbocycles. The van der Waals surface area contributed by atoms with Gasteiger partial charge in [0.25, 0.3) is 0 Å². The maximum absolute atomic E-state index is 2.49. The Morgan fingerprint density at radius 1 is 0.311 bits per heavy atom. The maximum Gasteiger partial charge on any atom is 0.0726 e. The summed E-state index contributed by atoms with van der Waals surface area (Å²) in [6.45, 7) is 0. The van der Waals surface area contributed by atoms with Gasteiger partial charge in [-0.1, -0.05) is 206 Å². The predicted molar refractivity (Wildman–Crippen MR) is 313 cm³/mol. The summed E-state index contributed by atoms with van der Waals surface area (Å²) in [7, 11) is 0. The van der Waals surface area contributed by atoms with Crippen molar-refractivity contribution in [1.82, 2.24) is 4.57 Å². The van der Waals surface area contributed by atoms with Crippen LogP contribution in [0.15, 0.2) is 267 Å². The van der Waals surface area contributed by atoms with Gasteiger partial charge < -0.3 is 9.47 Å². The van der Waals surface area contributed by atoms with E-state index in [9.17, 15) is 0 Å². The highest BCUT2D eigenvalue weighted by molar-refractivity contribution is 7.26. The first-order valence-electron chi connectivity index (χ1n) is 25.6. The number of aromatic nitrogens is 1.